The summed E-state index contributed by atoms with van der Waals surface area (Å²) in [4.78, 5) is 46.1. The van der Waals surface area contributed by atoms with Gasteiger partial charge >= 0.3 is 5.97 Å². The molecule has 11 rings (SSSR count). The van der Waals surface area contributed by atoms with Crippen LogP contribution in [0.3, 0.4) is 0 Å². The fraction of sp³-hybridized carbons (Fsp3) is 0.582. The third-order valence-electron chi connectivity index (χ3n) is 18.8. The van der Waals surface area contributed by atoms with Gasteiger partial charge in [0.1, 0.15) is 0 Å². The average Bonchev–Trinajstić information content (AvgIpc) is 3.69. The van der Waals surface area contributed by atoms with Crippen LogP contribution in [0.2, 0.25) is 0 Å². The minimum atomic E-state index is -1.30. The van der Waals surface area contributed by atoms with Crippen LogP contribution in [0.5, 0.6) is 0 Å². The molecule has 5 saturated carbocycles. The summed E-state index contributed by atoms with van der Waals surface area (Å²) in [7, 11) is 0. The van der Waals surface area contributed by atoms with E-state index < -0.39 is 33.6 Å². The van der Waals surface area contributed by atoms with E-state index in [1.54, 1.807) is 0 Å². The zero-order chi connectivity index (χ0) is 44.0. The lowest BCUT2D eigenvalue weighted by molar-refractivity contribution is -0.181. The predicted octanol–water partition coefficient (Wildman–Crippen LogP) is 10.6. The number of hydrogen-bond acceptors (Lipinski definition) is 6. The maximum atomic E-state index is 15.6. The van der Waals surface area contributed by atoms with Gasteiger partial charge in [-0.25, -0.2) is 0 Å². The van der Waals surface area contributed by atoms with Crippen LogP contribution in [0, 0.1) is 39.4 Å². The van der Waals surface area contributed by atoms with Gasteiger partial charge in [0.25, 0.3) is 5.91 Å². The van der Waals surface area contributed by atoms with Crippen LogP contribution in [0.1, 0.15) is 152 Å². The Kier molecular flexibility index (Phi) is 10.7. The Morgan fingerprint density at radius 1 is 0.839 bits per heavy atom. The van der Waals surface area contributed by atoms with E-state index in [0.717, 1.165) is 47.9 Å². The second-order valence-corrected chi connectivity index (χ2v) is 22.3. The van der Waals surface area contributed by atoms with E-state index in [2.05, 4.69) is 58.0 Å². The first kappa shape index (κ1) is 43.2. The van der Waals surface area contributed by atoms with Gasteiger partial charge in [0, 0.05) is 28.5 Å². The average molecular weight is 840 g/mol. The van der Waals surface area contributed by atoms with Crippen LogP contribution in [0.4, 0.5) is 0 Å². The summed E-state index contributed by atoms with van der Waals surface area (Å²) in [5.41, 5.74) is 1.85. The van der Waals surface area contributed by atoms with Gasteiger partial charge in [0.15, 0.2) is 11.4 Å². The van der Waals surface area contributed by atoms with Crippen LogP contribution in [0.25, 0.3) is 11.1 Å². The van der Waals surface area contributed by atoms with Crippen LogP contribution in [0.15, 0.2) is 84.4 Å². The molecule has 7 heteroatoms. The summed E-state index contributed by atoms with van der Waals surface area (Å²) in [5.74, 6) is 0.824. The van der Waals surface area contributed by atoms with Crippen molar-refractivity contribution in [2.75, 3.05) is 13.1 Å². The molecule has 1 aliphatic heterocycles. The lowest BCUT2D eigenvalue weighted by Crippen LogP contribution is -2.62. The zero-order valence-electron chi connectivity index (χ0n) is 38.3. The number of aliphatic hydroxyl groups excluding tert-OH is 1. The molecule has 1 amide bonds. The predicted molar refractivity (Wildman–Crippen MR) is 243 cm³/mol. The molecule has 7 nitrogen and oxygen atoms in total. The summed E-state index contributed by atoms with van der Waals surface area (Å²) in [6, 6.07) is 24.2. The smallest absolute Gasteiger partial charge is 0.313 e. The Hall–Kier alpha value is -4.07. The van der Waals surface area contributed by atoms with Crippen molar-refractivity contribution in [2.45, 2.75) is 149 Å². The van der Waals surface area contributed by atoms with Gasteiger partial charge in [-0.15, -0.1) is 0 Å². The topological polar surface area (TPSA) is 104 Å². The van der Waals surface area contributed by atoms with Gasteiger partial charge in [0.2, 0.25) is 0 Å². The van der Waals surface area contributed by atoms with Gasteiger partial charge in [-0.05, 0) is 148 Å². The number of ether oxygens (including phenoxy) is 1. The highest BCUT2D eigenvalue weighted by Gasteiger charge is 2.76. The lowest BCUT2D eigenvalue weighted by Gasteiger charge is -2.61. The summed E-state index contributed by atoms with van der Waals surface area (Å²) in [6.45, 7) is 15.8. The minimum absolute atomic E-state index is 0.0687. The Bertz CT molecular complexity index is 2280. The number of hydrogen-bond donors (Lipinski definition) is 2. The number of aliphatic hydroxyl groups is 2. The molecule has 0 radical (unpaired) electrons. The van der Waals surface area contributed by atoms with E-state index in [1.165, 1.54) is 12.0 Å². The van der Waals surface area contributed by atoms with Crippen molar-refractivity contribution in [3.63, 3.8) is 0 Å². The van der Waals surface area contributed by atoms with Crippen LogP contribution in [-0.4, -0.2) is 63.2 Å². The number of amides is 1. The number of nitrogens with zero attached hydrogens (tertiary/aromatic N) is 1. The summed E-state index contributed by atoms with van der Waals surface area (Å²) >= 11 is 0. The van der Waals surface area contributed by atoms with Crippen molar-refractivity contribution >= 4 is 17.7 Å². The number of allylic oxidation sites excluding steroid dienone is 2. The molecular formula is C55H69NO6. The number of fused-ring (bicyclic) bond motifs is 12. The SMILES string of the molecule is CC1=CCCC2(C)C(CCC2(O)CN(CC2CCC3CC2C3(C)C)C(=O)C23CCC(C)(C(=O)O2)C3(C)C)c2ccc(cc2C(=O)c2ccc(-c3ccccc3)cc2)CC(O)CC1. The summed E-state index contributed by atoms with van der Waals surface area (Å²) < 4.78 is 6.30. The zero-order valence-corrected chi connectivity index (χ0v) is 38.3. The summed E-state index contributed by atoms with van der Waals surface area (Å²) in [5, 5.41) is 24.8. The minimum Gasteiger partial charge on any atom is -0.448 e. The van der Waals surface area contributed by atoms with Crippen molar-refractivity contribution in [1.82, 2.24) is 4.90 Å². The molecule has 6 fully saturated rings. The molecule has 8 aliphatic rings. The van der Waals surface area contributed by atoms with Gasteiger partial charge < -0.3 is 19.8 Å². The number of benzene rings is 3. The lowest BCUT2D eigenvalue weighted by atomic mass is 9.45. The van der Waals surface area contributed by atoms with Crippen molar-refractivity contribution in [1.29, 1.82) is 0 Å². The van der Waals surface area contributed by atoms with E-state index in [0.29, 0.717) is 80.4 Å². The number of ketones is 1. The van der Waals surface area contributed by atoms with E-state index in [-0.39, 0.29) is 35.5 Å². The fourth-order valence-corrected chi connectivity index (χ4v) is 13.8. The molecule has 2 N–H and O–H groups in total. The second-order valence-electron chi connectivity index (χ2n) is 22.3. The highest BCUT2D eigenvalue weighted by atomic mass is 16.6. The number of carbonyl (C=O) groups excluding carboxylic acids is 3. The maximum Gasteiger partial charge on any atom is 0.313 e. The molecule has 330 valence electrons. The molecular weight excluding hydrogens is 771 g/mol. The highest BCUT2D eigenvalue weighted by Crippen LogP contribution is 2.67. The monoisotopic (exact) mass is 840 g/mol. The first-order valence-electron chi connectivity index (χ1n) is 23.8. The standard InChI is InChI=1S/C55H69NO6/c1-35-12-11-26-52(6)45(43-24-16-36(30-42(57)23-15-35)31-44(43)47(58)39-19-17-38(18-20-39)37-13-9-8-10-14-37)25-27-54(52,61)34-56(33-40-21-22-41-32-46(40)50(41,2)3)48(59)55-29-28-53(7,49(60)62-55)51(55,4)5/h8-10,12-14,16-20,24,31,40-42,45-46,57,61H,11,15,21-23,25-30,32-34H2,1-7H3. The quantitative estimate of drug-likeness (QED) is 0.133. The Balaban J connectivity index is 1.11. The first-order chi connectivity index (χ1) is 29.3. The van der Waals surface area contributed by atoms with Crippen molar-refractivity contribution in [3.8, 4) is 11.1 Å². The number of esters is 1. The van der Waals surface area contributed by atoms with E-state index in [1.807, 2.05) is 74.2 Å². The second kappa shape index (κ2) is 15.3. The molecule has 1 saturated heterocycles. The fourth-order valence-electron chi connectivity index (χ4n) is 13.8. The molecule has 3 aromatic rings. The molecule has 1 heterocycles. The van der Waals surface area contributed by atoms with Crippen molar-refractivity contribution in [2.24, 2.45) is 39.4 Å². The third-order valence-corrected chi connectivity index (χ3v) is 18.8. The van der Waals surface area contributed by atoms with E-state index >= 15 is 4.79 Å². The Morgan fingerprint density at radius 3 is 2.23 bits per heavy atom. The molecule has 7 aliphatic carbocycles. The molecule has 0 aromatic heterocycles. The van der Waals surface area contributed by atoms with Gasteiger partial charge in [-0.1, -0.05) is 113 Å². The number of rotatable bonds is 8. The molecule has 0 spiro atoms. The van der Waals surface area contributed by atoms with E-state index in [9.17, 15) is 19.8 Å². The number of carbonyl (C=O) groups is 3. The largest absolute Gasteiger partial charge is 0.448 e. The molecule has 6 bridgehead atoms. The van der Waals surface area contributed by atoms with Crippen molar-refractivity contribution in [3.05, 3.63) is 107 Å². The van der Waals surface area contributed by atoms with Gasteiger partial charge in [0.05, 0.1) is 23.7 Å². The van der Waals surface area contributed by atoms with Crippen LogP contribution >= 0.6 is 0 Å². The molecule has 62 heavy (non-hydrogen) atoms. The van der Waals surface area contributed by atoms with Gasteiger partial charge in [-0.2, -0.15) is 0 Å². The normalized spacial score (nSPS) is 35.6. The molecule has 9 atom stereocenters. The first-order valence-corrected chi connectivity index (χ1v) is 23.8. The highest BCUT2D eigenvalue weighted by molar-refractivity contribution is 6.10. The maximum absolute atomic E-state index is 15.6. The molecule has 9 unspecified atom stereocenters. The van der Waals surface area contributed by atoms with Crippen molar-refractivity contribution < 1.29 is 29.3 Å². The Labute approximate surface area is 369 Å². The summed E-state index contributed by atoms with van der Waals surface area (Å²) in [6.07, 6.45) is 10.5. The molecule has 3 aromatic carbocycles. The van der Waals surface area contributed by atoms with Crippen LogP contribution < -0.4 is 0 Å². The van der Waals surface area contributed by atoms with E-state index in [4.69, 9.17) is 4.74 Å². The Morgan fingerprint density at radius 2 is 1.56 bits per heavy atom. The van der Waals surface area contributed by atoms with Gasteiger partial charge in [-0.3, -0.25) is 14.4 Å². The third kappa shape index (κ3) is 6.60. The van der Waals surface area contributed by atoms with Crippen LogP contribution in [-0.2, 0) is 20.7 Å².